The van der Waals surface area contributed by atoms with Crippen LogP contribution in [-0.2, 0) is 19.1 Å². The molecule has 0 spiro atoms. The molecule has 1 aliphatic rings. The molecule has 1 saturated heterocycles. The van der Waals surface area contributed by atoms with Crippen LogP contribution < -0.4 is 5.32 Å². The molecular formula is C22H25NO4. The average molecular weight is 367 g/mol. The molecule has 142 valence electrons. The van der Waals surface area contributed by atoms with Crippen molar-refractivity contribution < 1.29 is 19.1 Å². The zero-order valence-corrected chi connectivity index (χ0v) is 15.6. The fourth-order valence-electron chi connectivity index (χ4n) is 3.82. The Morgan fingerprint density at radius 1 is 0.815 bits per heavy atom. The highest BCUT2D eigenvalue weighted by Crippen LogP contribution is 2.45. The van der Waals surface area contributed by atoms with Gasteiger partial charge in [0.05, 0.1) is 19.1 Å². The normalized spacial score (nSPS) is 24.4. The van der Waals surface area contributed by atoms with Crippen molar-refractivity contribution in [3.8, 4) is 0 Å². The van der Waals surface area contributed by atoms with E-state index in [0.29, 0.717) is 0 Å². The molecule has 27 heavy (non-hydrogen) atoms. The lowest BCUT2D eigenvalue weighted by Crippen LogP contribution is -2.41. The number of benzene rings is 2. The van der Waals surface area contributed by atoms with Gasteiger partial charge in [-0.2, -0.15) is 0 Å². The third-order valence-corrected chi connectivity index (χ3v) is 4.91. The van der Waals surface area contributed by atoms with Gasteiger partial charge in [-0.05, 0) is 25.0 Å². The molecule has 1 N–H and O–H groups in total. The molecule has 0 amide bonds. The van der Waals surface area contributed by atoms with Crippen LogP contribution in [-0.4, -0.2) is 31.2 Å². The molecule has 5 heteroatoms. The molecular weight excluding hydrogens is 342 g/mol. The molecule has 1 aliphatic heterocycles. The summed E-state index contributed by atoms with van der Waals surface area (Å²) in [5.74, 6) is -1.69. The van der Waals surface area contributed by atoms with Gasteiger partial charge in [0.2, 0.25) is 0 Å². The van der Waals surface area contributed by atoms with Crippen molar-refractivity contribution in [3.63, 3.8) is 0 Å². The first-order chi connectivity index (χ1) is 13.2. The number of nitrogens with one attached hydrogen (secondary N) is 1. The fraction of sp³-hybridized carbons (Fsp3) is 0.364. The highest BCUT2D eigenvalue weighted by Gasteiger charge is 2.52. The van der Waals surface area contributed by atoms with Gasteiger partial charge < -0.3 is 9.47 Å². The monoisotopic (exact) mass is 367 g/mol. The van der Waals surface area contributed by atoms with Crippen molar-refractivity contribution >= 4 is 11.9 Å². The minimum atomic E-state index is -0.751. The second-order valence-electron chi connectivity index (χ2n) is 6.50. The topological polar surface area (TPSA) is 64.6 Å². The zero-order chi connectivity index (χ0) is 19.2. The van der Waals surface area contributed by atoms with Crippen LogP contribution in [0.25, 0.3) is 0 Å². The Labute approximate surface area is 159 Å². The molecule has 0 saturated carbocycles. The summed E-state index contributed by atoms with van der Waals surface area (Å²) in [4.78, 5) is 25.5. The van der Waals surface area contributed by atoms with Gasteiger partial charge in [-0.15, -0.1) is 0 Å². The van der Waals surface area contributed by atoms with Crippen molar-refractivity contribution in [3.05, 3.63) is 71.8 Å². The highest BCUT2D eigenvalue weighted by molar-refractivity contribution is 5.87. The van der Waals surface area contributed by atoms with Crippen LogP contribution in [0.5, 0.6) is 0 Å². The van der Waals surface area contributed by atoms with Crippen molar-refractivity contribution in [1.82, 2.24) is 5.32 Å². The van der Waals surface area contributed by atoms with E-state index in [2.05, 4.69) is 5.32 Å². The van der Waals surface area contributed by atoms with Crippen LogP contribution in [0.2, 0.25) is 0 Å². The van der Waals surface area contributed by atoms with Gasteiger partial charge in [0.1, 0.15) is 6.04 Å². The van der Waals surface area contributed by atoms with Gasteiger partial charge in [-0.3, -0.25) is 14.9 Å². The van der Waals surface area contributed by atoms with Gasteiger partial charge in [-0.25, -0.2) is 0 Å². The Hall–Kier alpha value is -2.66. The molecule has 2 aromatic carbocycles. The van der Waals surface area contributed by atoms with Gasteiger partial charge in [0.25, 0.3) is 0 Å². The SMILES string of the molecule is CCOC(=O)C1[C@@H](C(=O)OCC)N[C@@H](c2ccccc2)[C@H]1c1ccccc1. The van der Waals surface area contributed by atoms with E-state index in [0.717, 1.165) is 11.1 Å². The Kier molecular flexibility index (Phi) is 6.24. The predicted molar refractivity (Wildman–Crippen MR) is 102 cm³/mol. The van der Waals surface area contributed by atoms with Crippen molar-refractivity contribution in [2.45, 2.75) is 31.8 Å². The highest BCUT2D eigenvalue weighted by atomic mass is 16.5. The minimum absolute atomic E-state index is 0.197. The van der Waals surface area contributed by atoms with Crippen LogP contribution >= 0.6 is 0 Å². The van der Waals surface area contributed by atoms with Crippen LogP contribution in [0.3, 0.4) is 0 Å². The number of esters is 2. The molecule has 0 radical (unpaired) electrons. The van der Waals surface area contributed by atoms with E-state index in [1.54, 1.807) is 13.8 Å². The van der Waals surface area contributed by atoms with E-state index in [1.807, 2.05) is 60.7 Å². The van der Waals surface area contributed by atoms with E-state index in [4.69, 9.17) is 9.47 Å². The molecule has 1 unspecified atom stereocenters. The maximum Gasteiger partial charge on any atom is 0.324 e. The van der Waals surface area contributed by atoms with Crippen LogP contribution in [0.1, 0.15) is 36.9 Å². The molecule has 0 aromatic heterocycles. The van der Waals surface area contributed by atoms with Gasteiger partial charge >= 0.3 is 11.9 Å². The summed E-state index contributed by atoms with van der Waals surface area (Å²) in [6.07, 6.45) is 0. The van der Waals surface area contributed by atoms with Crippen LogP contribution in [0, 0.1) is 5.92 Å². The number of carbonyl (C=O) groups excluding carboxylic acids is 2. The summed E-state index contributed by atoms with van der Waals surface area (Å²) in [7, 11) is 0. The number of hydrogen-bond donors (Lipinski definition) is 1. The zero-order valence-electron chi connectivity index (χ0n) is 15.6. The van der Waals surface area contributed by atoms with E-state index < -0.39 is 17.9 Å². The summed E-state index contributed by atoms with van der Waals surface area (Å²) in [6, 6.07) is 18.7. The number of ether oxygens (including phenoxy) is 2. The minimum Gasteiger partial charge on any atom is -0.466 e. The molecule has 0 aliphatic carbocycles. The fourth-order valence-corrected chi connectivity index (χ4v) is 3.82. The summed E-state index contributed by atoms with van der Waals surface area (Å²) in [5, 5.41) is 3.35. The van der Waals surface area contributed by atoms with Gasteiger partial charge in [-0.1, -0.05) is 60.7 Å². The molecule has 5 nitrogen and oxygen atoms in total. The Balaban J connectivity index is 2.07. The number of rotatable bonds is 6. The maximum absolute atomic E-state index is 12.9. The third kappa shape index (κ3) is 4.03. The standard InChI is InChI=1S/C22H25NO4/c1-3-26-21(24)18-17(15-11-7-5-8-12-15)19(16-13-9-6-10-14-16)23-20(18)22(25)27-4-2/h5-14,17-20,23H,3-4H2,1-2H3/t17-,18?,19-,20-/m0/s1. The second kappa shape index (κ2) is 8.82. The van der Waals surface area contributed by atoms with Crippen molar-refractivity contribution in [2.75, 3.05) is 13.2 Å². The number of carbonyl (C=O) groups is 2. The summed E-state index contributed by atoms with van der Waals surface area (Å²) < 4.78 is 10.6. The van der Waals surface area contributed by atoms with E-state index in [1.165, 1.54) is 0 Å². The lowest BCUT2D eigenvalue weighted by Gasteiger charge is -2.24. The van der Waals surface area contributed by atoms with E-state index in [9.17, 15) is 9.59 Å². The van der Waals surface area contributed by atoms with E-state index in [-0.39, 0.29) is 31.1 Å². The third-order valence-electron chi connectivity index (χ3n) is 4.91. The molecule has 1 heterocycles. The smallest absolute Gasteiger partial charge is 0.324 e. The second-order valence-corrected chi connectivity index (χ2v) is 6.50. The quantitative estimate of drug-likeness (QED) is 0.794. The average Bonchev–Trinajstić information content (AvgIpc) is 3.10. The molecule has 0 bridgehead atoms. The summed E-state index contributed by atoms with van der Waals surface area (Å²) >= 11 is 0. The van der Waals surface area contributed by atoms with Gasteiger partial charge in [0, 0.05) is 12.0 Å². The largest absolute Gasteiger partial charge is 0.466 e. The summed E-state index contributed by atoms with van der Waals surface area (Å²) in [6.45, 7) is 4.06. The molecule has 1 fully saturated rings. The Bertz CT molecular complexity index is 762. The first-order valence-corrected chi connectivity index (χ1v) is 9.36. The first-order valence-electron chi connectivity index (χ1n) is 9.36. The molecule has 2 aromatic rings. The maximum atomic E-state index is 12.9. The van der Waals surface area contributed by atoms with Crippen LogP contribution in [0.15, 0.2) is 60.7 Å². The van der Waals surface area contributed by atoms with Crippen molar-refractivity contribution in [1.29, 1.82) is 0 Å². The van der Waals surface area contributed by atoms with Crippen molar-refractivity contribution in [2.24, 2.45) is 5.92 Å². The Morgan fingerprint density at radius 2 is 1.33 bits per heavy atom. The lowest BCUT2D eigenvalue weighted by molar-refractivity contribution is -0.156. The summed E-state index contributed by atoms with van der Waals surface area (Å²) in [5.41, 5.74) is 2.01. The first kappa shape index (κ1) is 19.1. The lowest BCUT2D eigenvalue weighted by atomic mass is 9.79. The van der Waals surface area contributed by atoms with Gasteiger partial charge in [0.15, 0.2) is 0 Å². The van der Waals surface area contributed by atoms with E-state index >= 15 is 0 Å². The van der Waals surface area contributed by atoms with Crippen LogP contribution in [0.4, 0.5) is 0 Å². The Morgan fingerprint density at radius 3 is 1.89 bits per heavy atom. The predicted octanol–water partition coefficient (Wildman–Crippen LogP) is 3.23. The number of hydrogen-bond acceptors (Lipinski definition) is 5. The molecule has 3 rings (SSSR count). The molecule has 4 atom stereocenters.